The molecular formula is C30H30N2O4S. The van der Waals surface area contributed by atoms with E-state index in [0.29, 0.717) is 23.4 Å². The number of nitrogens with one attached hydrogen (secondary N) is 1. The van der Waals surface area contributed by atoms with Crippen LogP contribution in [-0.4, -0.2) is 48.0 Å². The number of thiophene rings is 1. The summed E-state index contributed by atoms with van der Waals surface area (Å²) in [5.41, 5.74) is 2.34. The average Bonchev–Trinajstić information content (AvgIpc) is 3.42. The van der Waals surface area contributed by atoms with Crippen LogP contribution in [0.15, 0.2) is 96.4 Å². The maximum absolute atomic E-state index is 13.0. The van der Waals surface area contributed by atoms with Gasteiger partial charge in [-0.15, -0.1) is 11.3 Å². The van der Waals surface area contributed by atoms with Crippen molar-refractivity contribution in [2.45, 2.75) is 19.0 Å². The highest BCUT2D eigenvalue weighted by molar-refractivity contribution is 7.09. The molecule has 6 nitrogen and oxygen atoms in total. The number of ketones is 1. The van der Waals surface area contributed by atoms with E-state index in [0.717, 1.165) is 24.4 Å². The van der Waals surface area contributed by atoms with Gasteiger partial charge in [-0.1, -0.05) is 60.7 Å². The minimum Gasteiger partial charge on any atom is -0.492 e. The predicted octanol–water partition coefficient (Wildman–Crippen LogP) is 5.60. The zero-order chi connectivity index (χ0) is 26.0. The predicted molar refractivity (Wildman–Crippen MR) is 148 cm³/mol. The Kier molecular flexibility index (Phi) is 9.08. The second-order valence-electron chi connectivity index (χ2n) is 8.79. The zero-order valence-electron chi connectivity index (χ0n) is 20.7. The number of carbonyl (C=O) groups excluding carboxylic acids is 1. The summed E-state index contributed by atoms with van der Waals surface area (Å²) < 4.78 is 5.88. The van der Waals surface area contributed by atoms with E-state index in [4.69, 9.17) is 4.74 Å². The molecule has 1 heterocycles. The number of hydrogen-bond acceptors (Lipinski definition) is 6. The van der Waals surface area contributed by atoms with Gasteiger partial charge >= 0.3 is 5.97 Å². The number of benzene rings is 3. The van der Waals surface area contributed by atoms with E-state index in [1.54, 1.807) is 59.9 Å². The van der Waals surface area contributed by atoms with Crippen LogP contribution in [0.25, 0.3) is 0 Å². The first-order valence-corrected chi connectivity index (χ1v) is 13.0. The third kappa shape index (κ3) is 7.52. The molecule has 1 atom stereocenters. The molecule has 3 aromatic carbocycles. The van der Waals surface area contributed by atoms with Gasteiger partial charge in [0.25, 0.3) is 0 Å². The van der Waals surface area contributed by atoms with Gasteiger partial charge in [-0.2, -0.15) is 0 Å². The number of rotatable bonds is 13. The lowest BCUT2D eigenvalue weighted by Gasteiger charge is -2.19. The van der Waals surface area contributed by atoms with Crippen molar-refractivity contribution in [3.05, 3.63) is 118 Å². The van der Waals surface area contributed by atoms with Gasteiger partial charge in [0.15, 0.2) is 5.78 Å². The van der Waals surface area contributed by atoms with E-state index in [2.05, 4.69) is 34.8 Å². The molecule has 2 N–H and O–H groups in total. The first-order valence-electron chi connectivity index (χ1n) is 12.1. The summed E-state index contributed by atoms with van der Waals surface area (Å²) in [5.74, 6) is -0.404. The van der Waals surface area contributed by atoms with Crippen molar-refractivity contribution in [1.82, 2.24) is 4.90 Å². The lowest BCUT2D eigenvalue weighted by molar-refractivity contribution is -0.137. The second-order valence-corrected chi connectivity index (χ2v) is 9.82. The summed E-state index contributed by atoms with van der Waals surface area (Å²) in [6.07, 6.45) is 0.257. The number of nitrogens with zero attached hydrogens (tertiary/aromatic N) is 1. The number of carboxylic acid groups (broad SMARTS) is 1. The number of hydrogen-bond donors (Lipinski definition) is 2. The van der Waals surface area contributed by atoms with Gasteiger partial charge in [-0.25, -0.2) is 4.79 Å². The lowest BCUT2D eigenvalue weighted by Crippen LogP contribution is -2.32. The Labute approximate surface area is 221 Å². The molecule has 0 aliphatic rings. The van der Waals surface area contributed by atoms with E-state index >= 15 is 0 Å². The Balaban J connectivity index is 1.35. The van der Waals surface area contributed by atoms with Crippen molar-refractivity contribution in [1.29, 1.82) is 0 Å². The molecular weight excluding hydrogens is 484 g/mol. The molecule has 0 amide bonds. The Bertz CT molecular complexity index is 1290. The molecule has 0 radical (unpaired) electrons. The Morgan fingerprint density at radius 1 is 0.946 bits per heavy atom. The topological polar surface area (TPSA) is 78.9 Å². The van der Waals surface area contributed by atoms with E-state index in [1.165, 1.54) is 4.88 Å². The van der Waals surface area contributed by atoms with Crippen LogP contribution >= 0.6 is 11.3 Å². The average molecular weight is 515 g/mol. The molecule has 0 fully saturated rings. The quantitative estimate of drug-likeness (QED) is 0.226. The van der Waals surface area contributed by atoms with Crippen LogP contribution in [-0.2, 0) is 17.8 Å². The van der Waals surface area contributed by atoms with Crippen LogP contribution in [0.2, 0.25) is 0 Å². The molecule has 4 aromatic rings. The van der Waals surface area contributed by atoms with Gasteiger partial charge in [0.1, 0.15) is 18.4 Å². The highest BCUT2D eigenvalue weighted by atomic mass is 32.1. The van der Waals surface area contributed by atoms with E-state index in [1.807, 2.05) is 30.3 Å². The smallest absolute Gasteiger partial charge is 0.326 e. The van der Waals surface area contributed by atoms with E-state index in [9.17, 15) is 14.7 Å². The molecule has 4 rings (SSSR count). The lowest BCUT2D eigenvalue weighted by atomic mass is 10.00. The maximum Gasteiger partial charge on any atom is 0.326 e. The second kappa shape index (κ2) is 12.9. The first-order chi connectivity index (χ1) is 18.0. The maximum atomic E-state index is 13.0. The number of ether oxygens (including phenoxy) is 1. The molecule has 0 unspecified atom stereocenters. The minimum absolute atomic E-state index is 0.157. The molecule has 0 bridgehead atoms. The van der Waals surface area contributed by atoms with Crippen LogP contribution in [0.4, 0.5) is 5.69 Å². The van der Waals surface area contributed by atoms with Crippen molar-refractivity contribution < 1.29 is 19.4 Å². The summed E-state index contributed by atoms with van der Waals surface area (Å²) in [6, 6.07) is 26.7. The van der Waals surface area contributed by atoms with E-state index < -0.39 is 12.0 Å². The van der Waals surface area contributed by atoms with Crippen LogP contribution in [0.5, 0.6) is 5.75 Å². The van der Waals surface area contributed by atoms with Gasteiger partial charge in [-0.05, 0) is 48.3 Å². The zero-order valence-corrected chi connectivity index (χ0v) is 21.5. The Morgan fingerprint density at radius 2 is 1.68 bits per heavy atom. The summed E-state index contributed by atoms with van der Waals surface area (Å²) in [4.78, 5) is 28.6. The van der Waals surface area contributed by atoms with E-state index in [-0.39, 0.29) is 12.2 Å². The molecule has 1 aromatic heterocycles. The van der Waals surface area contributed by atoms with Crippen molar-refractivity contribution in [2.75, 3.05) is 25.5 Å². The van der Waals surface area contributed by atoms with Crippen molar-refractivity contribution in [3.63, 3.8) is 0 Å². The summed E-state index contributed by atoms with van der Waals surface area (Å²) >= 11 is 1.74. The molecule has 0 saturated carbocycles. The highest BCUT2D eigenvalue weighted by Gasteiger charge is 2.21. The number of carboxylic acids is 1. The largest absolute Gasteiger partial charge is 0.492 e. The van der Waals surface area contributed by atoms with Gasteiger partial charge in [-0.3, -0.25) is 9.69 Å². The molecule has 0 saturated heterocycles. The van der Waals surface area contributed by atoms with Crippen LogP contribution in [0, 0.1) is 0 Å². The number of likely N-dealkylation sites (N-methyl/N-ethyl adjacent to an activating group) is 1. The third-order valence-corrected chi connectivity index (χ3v) is 6.81. The molecule has 0 spiro atoms. The standard InChI is InChI=1S/C30H30N2O4S/c1-32(21-25-10-7-19-37-25)17-18-36-24-15-13-22(14-16-24)20-28(30(34)35)31-27-12-6-5-11-26(27)29(33)23-8-3-2-4-9-23/h2-16,19,28,31H,17-18,20-21H2,1H3,(H,34,35)/t28-/m0/s1. The van der Waals surface area contributed by atoms with Crippen LogP contribution < -0.4 is 10.1 Å². The normalized spacial score (nSPS) is 11.7. The molecule has 0 aliphatic heterocycles. The molecule has 37 heavy (non-hydrogen) atoms. The van der Waals surface area contributed by atoms with Gasteiger partial charge in [0, 0.05) is 41.2 Å². The Morgan fingerprint density at radius 3 is 2.38 bits per heavy atom. The summed E-state index contributed by atoms with van der Waals surface area (Å²) in [5, 5.41) is 15.0. The molecule has 7 heteroatoms. The fraction of sp³-hybridized carbons (Fsp3) is 0.200. The first kappa shape index (κ1) is 26.1. The molecule has 190 valence electrons. The number of carbonyl (C=O) groups is 2. The highest BCUT2D eigenvalue weighted by Crippen LogP contribution is 2.22. The van der Waals surface area contributed by atoms with Crippen molar-refractivity contribution >= 4 is 28.8 Å². The summed E-state index contributed by atoms with van der Waals surface area (Å²) in [7, 11) is 2.07. The Hall–Kier alpha value is -3.94. The summed E-state index contributed by atoms with van der Waals surface area (Å²) in [6.45, 7) is 2.25. The van der Waals surface area contributed by atoms with Gasteiger partial charge in [0.2, 0.25) is 0 Å². The number of para-hydroxylation sites is 1. The van der Waals surface area contributed by atoms with Crippen LogP contribution in [0.1, 0.15) is 26.4 Å². The monoisotopic (exact) mass is 514 g/mol. The van der Waals surface area contributed by atoms with Crippen molar-refractivity contribution in [3.8, 4) is 5.75 Å². The van der Waals surface area contributed by atoms with Crippen LogP contribution in [0.3, 0.4) is 0 Å². The number of aliphatic carboxylic acids is 1. The SMILES string of the molecule is CN(CCOc1ccc(C[C@H](Nc2ccccc2C(=O)c2ccccc2)C(=O)O)cc1)Cc1cccs1. The van der Waals surface area contributed by atoms with Crippen molar-refractivity contribution in [2.24, 2.45) is 0 Å². The van der Waals surface area contributed by atoms with Gasteiger partial charge in [0.05, 0.1) is 0 Å². The molecule has 0 aliphatic carbocycles. The third-order valence-electron chi connectivity index (χ3n) is 5.95. The fourth-order valence-corrected chi connectivity index (χ4v) is 4.75. The minimum atomic E-state index is -0.990. The number of anilines is 1. The fourth-order valence-electron chi connectivity index (χ4n) is 3.96. The van der Waals surface area contributed by atoms with Gasteiger partial charge < -0.3 is 15.2 Å².